The molecule has 0 amide bonds. The zero-order valence-corrected chi connectivity index (χ0v) is 15.1. The lowest BCUT2D eigenvalue weighted by Gasteiger charge is -2.20. The lowest BCUT2D eigenvalue weighted by Crippen LogP contribution is -2.02. The fourth-order valence-corrected chi connectivity index (χ4v) is 3.63. The molecular formula is C21H25FO2. The van der Waals surface area contributed by atoms with Crippen LogP contribution in [0.25, 0.3) is 11.1 Å². The van der Waals surface area contributed by atoms with Crippen LogP contribution in [-0.4, -0.2) is 7.11 Å². The largest absolute Gasteiger partial charge is 0.496 e. The van der Waals surface area contributed by atoms with E-state index in [1.807, 2.05) is 19.9 Å². The Labute approximate surface area is 143 Å². The van der Waals surface area contributed by atoms with E-state index in [0.29, 0.717) is 19.0 Å². The molecule has 24 heavy (non-hydrogen) atoms. The molecule has 128 valence electrons. The highest BCUT2D eigenvalue weighted by Crippen LogP contribution is 2.41. The Hall–Kier alpha value is -1.87. The molecule has 0 aliphatic carbocycles. The average Bonchev–Trinajstić information content (AvgIpc) is 3.03. The van der Waals surface area contributed by atoms with Crippen LogP contribution in [0.3, 0.4) is 0 Å². The van der Waals surface area contributed by atoms with E-state index in [4.69, 9.17) is 9.47 Å². The first-order valence-electron chi connectivity index (χ1n) is 8.57. The molecule has 0 spiro atoms. The van der Waals surface area contributed by atoms with Gasteiger partial charge in [0.1, 0.15) is 11.6 Å². The highest BCUT2D eigenvalue weighted by molar-refractivity contribution is 5.79. The second-order valence-corrected chi connectivity index (χ2v) is 6.75. The van der Waals surface area contributed by atoms with Gasteiger partial charge >= 0.3 is 0 Å². The van der Waals surface area contributed by atoms with Crippen molar-refractivity contribution in [3.63, 3.8) is 0 Å². The van der Waals surface area contributed by atoms with Crippen molar-refractivity contribution in [2.45, 2.75) is 53.2 Å². The minimum absolute atomic E-state index is 0.123. The van der Waals surface area contributed by atoms with Gasteiger partial charge < -0.3 is 9.47 Å². The first-order valence-corrected chi connectivity index (χ1v) is 8.57. The van der Waals surface area contributed by atoms with E-state index in [1.54, 1.807) is 7.11 Å². The molecule has 0 saturated heterocycles. The van der Waals surface area contributed by atoms with Crippen LogP contribution in [0.15, 0.2) is 18.2 Å². The lowest BCUT2D eigenvalue weighted by atomic mass is 9.86. The van der Waals surface area contributed by atoms with Gasteiger partial charge in [0.15, 0.2) is 0 Å². The van der Waals surface area contributed by atoms with Gasteiger partial charge in [-0.05, 0) is 58.7 Å². The molecule has 0 aromatic heterocycles. The summed E-state index contributed by atoms with van der Waals surface area (Å²) in [6, 6.07) is 5.72. The number of methoxy groups -OCH3 is 1. The van der Waals surface area contributed by atoms with Gasteiger partial charge in [0, 0.05) is 11.6 Å². The van der Waals surface area contributed by atoms with Crippen molar-refractivity contribution in [2.24, 2.45) is 0 Å². The van der Waals surface area contributed by atoms with Crippen molar-refractivity contribution in [1.29, 1.82) is 0 Å². The monoisotopic (exact) mass is 328 g/mol. The molecule has 2 aromatic carbocycles. The third kappa shape index (κ3) is 2.71. The molecular weight excluding hydrogens is 303 g/mol. The summed E-state index contributed by atoms with van der Waals surface area (Å²) in [7, 11) is 1.60. The normalized spacial score (nSPS) is 13.5. The standard InChI is InChI=1S/C21H25FO2/c1-6-14-7-15-10-24-11-18(15)13(4)21(14)17-8-16(12(2)3)19(22)9-20(17)23-5/h7-9,12H,6,10-11H2,1-5H3. The molecule has 0 fully saturated rings. The number of ether oxygens (including phenoxy) is 2. The van der Waals surface area contributed by atoms with E-state index in [1.165, 1.54) is 33.9 Å². The van der Waals surface area contributed by atoms with Crippen LogP contribution in [0.5, 0.6) is 5.75 Å². The first-order chi connectivity index (χ1) is 11.5. The number of hydrogen-bond acceptors (Lipinski definition) is 2. The van der Waals surface area contributed by atoms with Gasteiger partial charge in [-0.25, -0.2) is 4.39 Å². The molecule has 1 aliphatic rings. The van der Waals surface area contributed by atoms with Crippen molar-refractivity contribution in [3.05, 3.63) is 51.8 Å². The van der Waals surface area contributed by atoms with Crippen LogP contribution in [-0.2, 0) is 24.4 Å². The molecule has 0 N–H and O–H groups in total. The van der Waals surface area contributed by atoms with Crippen molar-refractivity contribution in [1.82, 2.24) is 0 Å². The van der Waals surface area contributed by atoms with Gasteiger partial charge in [0.25, 0.3) is 0 Å². The van der Waals surface area contributed by atoms with Crippen molar-refractivity contribution in [3.8, 4) is 16.9 Å². The molecule has 0 bridgehead atoms. The van der Waals surface area contributed by atoms with Crippen LogP contribution < -0.4 is 4.74 Å². The Bertz CT molecular complexity index is 778. The third-order valence-electron chi connectivity index (χ3n) is 4.98. The summed E-state index contributed by atoms with van der Waals surface area (Å²) >= 11 is 0. The summed E-state index contributed by atoms with van der Waals surface area (Å²) in [4.78, 5) is 0. The predicted molar refractivity (Wildman–Crippen MR) is 95.1 cm³/mol. The minimum Gasteiger partial charge on any atom is -0.496 e. The van der Waals surface area contributed by atoms with Gasteiger partial charge in [-0.3, -0.25) is 0 Å². The molecule has 0 saturated carbocycles. The number of benzene rings is 2. The van der Waals surface area contributed by atoms with E-state index in [9.17, 15) is 4.39 Å². The van der Waals surface area contributed by atoms with Crippen LogP contribution in [0.4, 0.5) is 4.39 Å². The second kappa shape index (κ2) is 6.56. The summed E-state index contributed by atoms with van der Waals surface area (Å²) in [6.07, 6.45) is 0.918. The Balaban J connectivity index is 2.31. The molecule has 3 rings (SSSR count). The topological polar surface area (TPSA) is 18.5 Å². The summed E-state index contributed by atoms with van der Waals surface area (Å²) in [5.74, 6) is 0.511. The maximum atomic E-state index is 14.4. The quantitative estimate of drug-likeness (QED) is 0.735. The predicted octanol–water partition coefficient (Wildman–Crippen LogP) is 5.53. The molecule has 0 atom stereocenters. The van der Waals surface area contributed by atoms with Gasteiger partial charge in [-0.2, -0.15) is 0 Å². The molecule has 0 unspecified atom stereocenters. The van der Waals surface area contributed by atoms with Crippen molar-refractivity contribution >= 4 is 0 Å². The molecule has 3 heteroatoms. The van der Waals surface area contributed by atoms with E-state index in [2.05, 4.69) is 19.9 Å². The highest BCUT2D eigenvalue weighted by Gasteiger charge is 2.23. The Morgan fingerprint density at radius 3 is 2.58 bits per heavy atom. The molecule has 1 heterocycles. The highest BCUT2D eigenvalue weighted by atomic mass is 19.1. The van der Waals surface area contributed by atoms with Crippen LogP contribution in [0.2, 0.25) is 0 Å². The first kappa shape index (κ1) is 17.0. The average molecular weight is 328 g/mol. The third-order valence-corrected chi connectivity index (χ3v) is 4.98. The molecule has 0 radical (unpaired) electrons. The van der Waals surface area contributed by atoms with Gasteiger partial charge in [-0.15, -0.1) is 0 Å². The van der Waals surface area contributed by atoms with Gasteiger partial charge in [0.2, 0.25) is 0 Å². The molecule has 2 nitrogen and oxygen atoms in total. The van der Waals surface area contributed by atoms with Crippen molar-refractivity contribution in [2.75, 3.05) is 7.11 Å². The SMILES string of the molecule is CCc1cc2c(c(C)c1-c1cc(C(C)C)c(F)cc1OC)COC2. The van der Waals surface area contributed by atoms with Crippen LogP contribution >= 0.6 is 0 Å². The summed E-state index contributed by atoms with van der Waals surface area (Å²) in [5.41, 5.74) is 7.90. The minimum atomic E-state index is -0.203. The smallest absolute Gasteiger partial charge is 0.130 e. The Morgan fingerprint density at radius 1 is 1.21 bits per heavy atom. The Kier molecular flexibility index (Phi) is 4.64. The number of aryl methyl sites for hydroxylation is 1. The fourth-order valence-electron chi connectivity index (χ4n) is 3.63. The molecule has 1 aliphatic heterocycles. The van der Waals surface area contributed by atoms with E-state index in [0.717, 1.165) is 17.5 Å². The maximum absolute atomic E-state index is 14.4. The van der Waals surface area contributed by atoms with Crippen LogP contribution in [0.1, 0.15) is 54.5 Å². The lowest BCUT2D eigenvalue weighted by molar-refractivity contribution is 0.134. The molecule has 2 aromatic rings. The fraction of sp³-hybridized carbons (Fsp3) is 0.429. The van der Waals surface area contributed by atoms with Crippen LogP contribution in [0, 0.1) is 12.7 Å². The Morgan fingerprint density at radius 2 is 1.96 bits per heavy atom. The number of fused-ring (bicyclic) bond motifs is 1. The maximum Gasteiger partial charge on any atom is 0.130 e. The zero-order chi connectivity index (χ0) is 17.4. The van der Waals surface area contributed by atoms with E-state index < -0.39 is 0 Å². The zero-order valence-electron chi connectivity index (χ0n) is 15.1. The summed E-state index contributed by atoms with van der Waals surface area (Å²) in [5, 5.41) is 0. The second-order valence-electron chi connectivity index (χ2n) is 6.75. The van der Waals surface area contributed by atoms with E-state index >= 15 is 0 Å². The van der Waals surface area contributed by atoms with E-state index in [-0.39, 0.29) is 11.7 Å². The number of halogens is 1. The van der Waals surface area contributed by atoms with Crippen molar-refractivity contribution < 1.29 is 13.9 Å². The van der Waals surface area contributed by atoms with Gasteiger partial charge in [0.05, 0.1) is 20.3 Å². The number of rotatable bonds is 4. The summed E-state index contributed by atoms with van der Waals surface area (Å²) in [6.45, 7) is 9.65. The van der Waals surface area contributed by atoms with Gasteiger partial charge in [-0.1, -0.05) is 26.8 Å². The number of hydrogen-bond donors (Lipinski definition) is 0. The summed E-state index contributed by atoms with van der Waals surface area (Å²) < 4.78 is 25.5.